The van der Waals surface area contributed by atoms with Gasteiger partial charge in [-0.3, -0.25) is 0 Å². The molecule has 1 atom stereocenters. The highest BCUT2D eigenvalue weighted by Gasteiger charge is 2.09. The molecule has 0 amide bonds. The quantitative estimate of drug-likeness (QED) is 0.856. The average Bonchev–Trinajstić information content (AvgIpc) is 2.48. The van der Waals surface area contributed by atoms with Gasteiger partial charge in [-0.15, -0.1) is 0 Å². The Hall–Kier alpha value is -1.87. The van der Waals surface area contributed by atoms with Gasteiger partial charge in [-0.2, -0.15) is 0 Å². The van der Waals surface area contributed by atoms with E-state index in [2.05, 4.69) is 17.4 Å². The summed E-state index contributed by atoms with van der Waals surface area (Å²) in [7, 11) is 0. The number of hydrogen-bond acceptors (Lipinski definition) is 2. The van der Waals surface area contributed by atoms with Gasteiger partial charge in [0.15, 0.2) is 11.6 Å². The first-order valence-corrected chi connectivity index (χ1v) is 6.90. The number of rotatable bonds is 6. The summed E-state index contributed by atoms with van der Waals surface area (Å²) in [6, 6.07) is 15.4. The highest BCUT2D eigenvalue weighted by atomic mass is 19.1. The molecule has 2 aromatic rings. The fraction of sp³-hybridized carbons (Fsp3) is 0.294. The van der Waals surface area contributed by atoms with Crippen LogP contribution in [0.2, 0.25) is 0 Å². The standard InChI is InChI=1S/C17H20FNO/c1-3-20-17-10-9-15(11-16(17)18)13(2)19-12-14-7-5-4-6-8-14/h4-11,13,19H,3,12H2,1-2H3/t13-/m1/s1. The summed E-state index contributed by atoms with van der Waals surface area (Å²) in [6.07, 6.45) is 0. The van der Waals surface area contributed by atoms with Gasteiger partial charge in [0.25, 0.3) is 0 Å². The highest BCUT2D eigenvalue weighted by molar-refractivity contribution is 5.31. The fourth-order valence-corrected chi connectivity index (χ4v) is 2.04. The van der Waals surface area contributed by atoms with Gasteiger partial charge in [-0.1, -0.05) is 36.4 Å². The van der Waals surface area contributed by atoms with Crippen LogP contribution in [-0.4, -0.2) is 6.61 Å². The third-order valence-electron chi connectivity index (χ3n) is 3.21. The van der Waals surface area contributed by atoms with E-state index in [1.54, 1.807) is 6.07 Å². The van der Waals surface area contributed by atoms with Crippen LogP contribution in [0.15, 0.2) is 48.5 Å². The van der Waals surface area contributed by atoms with E-state index < -0.39 is 0 Å². The molecule has 0 aromatic heterocycles. The number of hydrogen-bond donors (Lipinski definition) is 1. The molecule has 0 aliphatic heterocycles. The lowest BCUT2D eigenvalue weighted by Crippen LogP contribution is -2.18. The molecule has 0 fully saturated rings. The highest BCUT2D eigenvalue weighted by Crippen LogP contribution is 2.22. The molecule has 3 heteroatoms. The van der Waals surface area contributed by atoms with Crippen molar-refractivity contribution in [2.45, 2.75) is 26.4 Å². The normalized spacial score (nSPS) is 12.2. The van der Waals surface area contributed by atoms with Crippen LogP contribution in [0, 0.1) is 5.82 Å². The van der Waals surface area contributed by atoms with E-state index in [1.807, 2.05) is 38.1 Å². The number of halogens is 1. The molecule has 2 rings (SSSR count). The van der Waals surface area contributed by atoms with E-state index in [0.29, 0.717) is 12.4 Å². The number of ether oxygens (including phenoxy) is 1. The maximum atomic E-state index is 13.8. The van der Waals surface area contributed by atoms with Gasteiger partial charge < -0.3 is 10.1 Å². The molecule has 20 heavy (non-hydrogen) atoms. The SMILES string of the molecule is CCOc1ccc([C@@H](C)NCc2ccccc2)cc1F. The third-order valence-corrected chi connectivity index (χ3v) is 3.21. The molecule has 0 saturated carbocycles. The molecule has 0 radical (unpaired) electrons. The summed E-state index contributed by atoms with van der Waals surface area (Å²) in [5, 5.41) is 3.39. The monoisotopic (exact) mass is 273 g/mol. The van der Waals surface area contributed by atoms with Crippen molar-refractivity contribution in [3.05, 3.63) is 65.5 Å². The summed E-state index contributed by atoms with van der Waals surface area (Å²) in [5.74, 6) is 0.00391. The first-order valence-electron chi connectivity index (χ1n) is 6.90. The topological polar surface area (TPSA) is 21.3 Å². The molecule has 0 aliphatic rings. The van der Waals surface area contributed by atoms with Crippen molar-refractivity contribution in [2.75, 3.05) is 6.61 Å². The predicted molar refractivity (Wildman–Crippen MR) is 79.3 cm³/mol. The molecule has 0 aliphatic carbocycles. The van der Waals surface area contributed by atoms with Gasteiger partial charge in [0.05, 0.1) is 6.61 Å². The fourth-order valence-electron chi connectivity index (χ4n) is 2.04. The van der Waals surface area contributed by atoms with E-state index in [-0.39, 0.29) is 11.9 Å². The molecule has 0 bridgehead atoms. The van der Waals surface area contributed by atoms with Crippen LogP contribution in [0.4, 0.5) is 4.39 Å². The largest absolute Gasteiger partial charge is 0.491 e. The molecule has 2 aromatic carbocycles. The number of benzene rings is 2. The van der Waals surface area contributed by atoms with E-state index >= 15 is 0 Å². The lowest BCUT2D eigenvalue weighted by molar-refractivity contribution is 0.321. The van der Waals surface area contributed by atoms with Gasteiger partial charge in [-0.05, 0) is 37.1 Å². The average molecular weight is 273 g/mol. The summed E-state index contributed by atoms with van der Waals surface area (Å²) in [5.41, 5.74) is 2.13. The first-order chi connectivity index (χ1) is 9.70. The Bertz CT molecular complexity index is 542. The van der Waals surface area contributed by atoms with E-state index in [4.69, 9.17) is 4.74 Å². The van der Waals surface area contributed by atoms with Crippen molar-refractivity contribution in [1.82, 2.24) is 5.32 Å². The number of nitrogens with one attached hydrogen (secondary N) is 1. The Morgan fingerprint density at radius 1 is 1.15 bits per heavy atom. The summed E-state index contributed by atoms with van der Waals surface area (Å²) in [4.78, 5) is 0. The van der Waals surface area contributed by atoms with Gasteiger partial charge in [0.2, 0.25) is 0 Å². The van der Waals surface area contributed by atoms with E-state index in [9.17, 15) is 4.39 Å². The molecular formula is C17H20FNO. The Morgan fingerprint density at radius 3 is 2.55 bits per heavy atom. The molecule has 0 heterocycles. The van der Waals surface area contributed by atoms with Gasteiger partial charge in [0.1, 0.15) is 0 Å². The van der Waals surface area contributed by atoms with Crippen molar-refractivity contribution in [3.63, 3.8) is 0 Å². The van der Waals surface area contributed by atoms with Crippen LogP contribution < -0.4 is 10.1 Å². The minimum Gasteiger partial charge on any atom is -0.491 e. The van der Waals surface area contributed by atoms with Crippen LogP contribution in [0.3, 0.4) is 0 Å². The molecule has 0 saturated heterocycles. The minimum atomic E-state index is -0.308. The van der Waals surface area contributed by atoms with Crippen molar-refractivity contribution < 1.29 is 9.13 Å². The maximum Gasteiger partial charge on any atom is 0.165 e. The zero-order chi connectivity index (χ0) is 14.4. The van der Waals surface area contributed by atoms with Crippen molar-refractivity contribution in [1.29, 1.82) is 0 Å². The zero-order valence-electron chi connectivity index (χ0n) is 11.9. The molecule has 0 spiro atoms. The molecule has 0 unspecified atom stereocenters. The summed E-state index contributed by atoms with van der Waals surface area (Å²) < 4.78 is 19.0. The minimum absolute atomic E-state index is 0.0837. The molecule has 1 N–H and O–H groups in total. The van der Waals surface area contributed by atoms with Crippen molar-refractivity contribution >= 4 is 0 Å². The van der Waals surface area contributed by atoms with Gasteiger partial charge >= 0.3 is 0 Å². The summed E-state index contributed by atoms with van der Waals surface area (Å²) in [6.45, 7) is 5.10. The van der Waals surface area contributed by atoms with Gasteiger partial charge in [0, 0.05) is 12.6 Å². The van der Waals surface area contributed by atoms with Crippen LogP contribution >= 0.6 is 0 Å². The Labute approximate surface area is 119 Å². The van der Waals surface area contributed by atoms with Crippen LogP contribution in [-0.2, 0) is 6.54 Å². The Balaban J connectivity index is 1.98. The second-order valence-corrected chi connectivity index (χ2v) is 4.71. The first kappa shape index (κ1) is 14.5. The van der Waals surface area contributed by atoms with Gasteiger partial charge in [-0.25, -0.2) is 4.39 Å². The second-order valence-electron chi connectivity index (χ2n) is 4.71. The lowest BCUT2D eigenvalue weighted by Gasteiger charge is -2.15. The lowest BCUT2D eigenvalue weighted by atomic mass is 10.1. The smallest absolute Gasteiger partial charge is 0.165 e. The van der Waals surface area contributed by atoms with Crippen LogP contribution in [0.1, 0.15) is 31.0 Å². The second kappa shape index (κ2) is 7.06. The Morgan fingerprint density at radius 2 is 1.90 bits per heavy atom. The molecular weight excluding hydrogens is 253 g/mol. The van der Waals surface area contributed by atoms with E-state index in [0.717, 1.165) is 12.1 Å². The summed E-state index contributed by atoms with van der Waals surface area (Å²) >= 11 is 0. The van der Waals surface area contributed by atoms with Crippen molar-refractivity contribution in [2.24, 2.45) is 0 Å². The van der Waals surface area contributed by atoms with Crippen LogP contribution in [0.25, 0.3) is 0 Å². The Kier molecular flexibility index (Phi) is 5.13. The predicted octanol–water partition coefficient (Wildman–Crippen LogP) is 4.08. The third kappa shape index (κ3) is 3.81. The maximum absolute atomic E-state index is 13.8. The molecule has 106 valence electrons. The van der Waals surface area contributed by atoms with Crippen LogP contribution in [0.5, 0.6) is 5.75 Å². The molecule has 2 nitrogen and oxygen atoms in total. The van der Waals surface area contributed by atoms with E-state index in [1.165, 1.54) is 11.6 Å². The van der Waals surface area contributed by atoms with Crippen molar-refractivity contribution in [3.8, 4) is 5.75 Å². The zero-order valence-corrected chi connectivity index (χ0v) is 11.9.